The van der Waals surface area contributed by atoms with E-state index in [9.17, 15) is 19.2 Å². The lowest BCUT2D eigenvalue weighted by atomic mass is 9.64. The maximum absolute atomic E-state index is 13.3. The maximum Gasteiger partial charge on any atom is 0.275 e. The summed E-state index contributed by atoms with van der Waals surface area (Å²) in [5.74, 6) is -2.32. The minimum absolute atomic E-state index is 0.0540. The Balaban J connectivity index is 1.78. The van der Waals surface area contributed by atoms with E-state index in [4.69, 9.17) is 20.9 Å². The Kier molecular flexibility index (Phi) is 4.54. The summed E-state index contributed by atoms with van der Waals surface area (Å²) in [6.07, 6.45) is -1.26. The van der Waals surface area contributed by atoms with Gasteiger partial charge in [0.15, 0.2) is 11.5 Å². The molecule has 1 unspecified atom stereocenters. The van der Waals surface area contributed by atoms with Crippen molar-refractivity contribution in [2.45, 2.75) is 44.9 Å². The molecule has 2 aromatic heterocycles. The predicted molar refractivity (Wildman–Crippen MR) is 110 cm³/mol. The molecule has 2 aromatic rings. The predicted octanol–water partition coefficient (Wildman–Crippen LogP) is 0.376. The van der Waals surface area contributed by atoms with Crippen LogP contribution in [0.2, 0.25) is 5.02 Å². The van der Waals surface area contributed by atoms with Gasteiger partial charge < -0.3 is 19.5 Å². The van der Waals surface area contributed by atoms with Crippen LogP contribution in [0, 0.1) is 5.41 Å². The largest absolute Gasteiger partial charge is 0.372 e. The van der Waals surface area contributed by atoms with Crippen molar-refractivity contribution in [1.29, 1.82) is 0 Å². The van der Waals surface area contributed by atoms with Gasteiger partial charge in [-0.3, -0.25) is 24.5 Å². The van der Waals surface area contributed by atoms with E-state index in [0.717, 1.165) is 0 Å². The number of fused-ring (bicyclic) bond motifs is 5. The van der Waals surface area contributed by atoms with Crippen LogP contribution >= 0.6 is 11.6 Å². The number of hydrogen-bond donors (Lipinski definition) is 2. The van der Waals surface area contributed by atoms with Gasteiger partial charge in [0.2, 0.25) is 17.4 Å². The molecule has 168 valence electrons. The van der Waals surface area contributed by atoms with Gasteiger partial charge in [-0.05, 0) is 13.8 Å². The summed E-state index contributed by atoms with van der Waals surface area (Å²) < 4.78 is 11.3. The number of amides is 3. The van der Waals surface area contributed by atoms with Crippen LogP contribution in [0.4, 0.5) is 5.69 Å². The van der Waals surface area contributed by atoms with E-state index in [-0.39, 0.29) is 34.3 Å². The Labute approximate surface area is 186 Å². The van der Waals surface area contributed by atoms with Crippen LogP contribution in [0.3, 0.4) is 0 Å². The highest BCUT2D eigenvalue weighted by Crippen LogP contribution is 2.50. The van der Waals surface area contributed by atoms with Crippen molar-refractivity contribution in [3.05, 3.63) is 16.4 Å². The molecule has 3 amide bonds. The van der Waals surface area contributed by atoms with Gasteiger partial charge in [-0.1, -0.05) is 16.8 Å². The molecule has 0 radical (unpaired) electrons. The monoisotopic (exact) mass is 461 g/mol. The molecule has 0 saturated carbocycles. The zero-order valence-corrected chi connectivity index (χ0v) is 18.3. The molecule has 5 rings (SSSR count). The van der Waals surface area contributed by atoms with Crippen molar-refractivity contribution >= 4 is 51.9 Å². The number of anilines is 1. The average molecular weight is 462 g/mol. The van der Waals surface area contributed by atoms with Gasteiger partial charge in [0.1, 0.15) is 16.0 Å². The lowest BCUT2D eigenvalue weighted by Gasteiger charge is -2.55. The third-order valence-corrected chi connectivity index (χ3v) is 6.78. The van der Waals surface area contributed by atoms with Crippen LogP contribution in [-0.2, 0) is 25.5 Å². The number of hydrogen-bond acceptors (Lipinski definition) is 9. The van der Waals surface area contributed by atoms with Gasteiger partial charge in [0.05, 0.1) is 36.1 Å². The second-order valence-electron chi connectivity index (χ2n) is 8.38. The van der Waals surface area contributed by atoms with Crippen molar-refractivity contribution in [3.63, 3.8) is 0 Å². The third kappa shape index (κ3) is 2.64. The molecular weight excluding hydrogens is 442 g/mol. The fraction of sp³-hybridized carbons (Fsp3) is 0.500. The van der Waals surface area contributed by atoms with Gasteiger partial charge >= 0.3 is 0 Å². The number of ether oxygens (including phenoxy) is 1. The first-order valence-electron chi connectivity index (χ1n) is 10.2. The van der Waals surface area contributed by atoms with Crippen molar-refractivity contribution in [2.24, 2.45) is 5.41 Å². The van der Waals surface area contributed by atoms with Gasteiger partial charge in [-0.15, -0.1) is 0 Å². The van der Waals surface area contributed by atoms with Gasteiger partial charge in [-0.2, -0.15) is 0 Å². The molecule has 12 heteroatoms. The number of imide groups is 1. The van der Waals surface area contributed by atoms with E-state index < -0.39 is 47.5 Å². The lowest BCUT2D eigenvalue weighted by Crippen LogP contribution is -2.72. The molecule has 32 heavy (non-hydrogen) atoms. The number of carbonyl (C=O) groups excluding carboxylic acids is 4. The summed E-state index contributed by atoms with van der Waals surface area (Å²) in [6, 6.07) is -0.704. The maximum atomic E-state index is 13.3. The number of Topliss-reactive ketones (excluding diaryl/α,β-unsaturated/α-hetero) is 1. The number of pyridine rings is 1. The number of aromatic nitrogens is 2. The SMILES string of the molecule is CNC(=O)c1noc2c(Cl)c3c(nc12)CC1(C(=O)CC(=O)NC1=O)[C@H]1[C@H](C)O[C@H](C)CN31. The van der Waals surface area contributed by atoms with Gasteiger partial charge in [0.25, 0.3) is 5.91 Å². The quantitative estimate of drug-likeness (QED) is 0.454. The normalized spacial score (nSPS) is 29.7. The number of carbonyl (C=O) groups is 4. The number of nitrogens with zero attached hydrogens (tertiary/aromatic N) is 3. The van der Waals surface area contributed by atoms with E-state index in [1.807, 2.05) is 11.8 Å². The van der Waals surface area contributed by atoms with E-state index in [1.54, 1.807) is 6.92 Å². The first-order chi connectivity index (χ1) is 15.2. The number of nitrogens with one attached hydrogen (secondary N) is 2. The molecule has 1 spiro atoms. The fourth-order valence-electron chi connectivity index (χ4n) is 5.22. The third-order valence-electron chi connectivity index (χ3n) is 6.43. The van der Waals surface area contributed by atoms with Crippen molar-refractivity contribution in [2.75, 3.05) is 18.5 Å². The highest BCUT2D eigenvalue weighted by Gasteiger charge is 2.63. The lowest BCUT2D eigenvalue weighted by molar-refractivity contribution is -0.158. The first kappa shape index (κ1) is 20.8. The van der Waals surface area contributed by atoms with Crippen LogP contribution in [0.15, 0.2) is 4.52 Å². The Bertz CT molecular complexity index is 1190. The Morgan fingerprint density at radius 1 is 1.31 bits per heavy atom. The van der Waals surface area contributed by atoms with Crippen molar-refractivity contribution in [3.8, 4) is 0 Å². The number of rotatable bonds is 1. The van der Waals surface area contributed by atoms with Crippen LogP contribution < -0.4 is 15.5 Å². The van der Waals surface area contributed by atoms with Gasteiger partial charge in [0, 0.05) is 20.0 Å². The number of morpholine rings is 1. The molecule has 0 bridgehead atoms. The van der Waals surface area contributed by atoms with Crippen molar-refractivity contribution < 1.29 is 28.4 Å². The number of halogens is 1. The average Bonchev–Trinajstić information content (AvgIpc) is 3.14. The minimum Gasteiger partial charge on any atom is -0.372 e. The molecule has 5 heterocycles. The molecule has 0 aliphatic carbocycles. The fourth-order valence-corrected chi connectivity index (χ4v) is 5.56. The molecule has 3 aliphatic rings. The van der Waals surface area contributed by atoms with Crippen molar-refractivity contribution in [1.82, 2.24) is 20.8 Å². The van der Waals surface area contributed by atoms with Gasteiger partial charge in [-0.25, -0.2) is 4.98 Å². The summed E-state index contributed by atoms with van der Waals surface area (Å²) in [7, 11) is 1.45. The molecule has 2 N–H and O–H groups in total. The number of ketones is 1. The second kappa shape index (κ2) is 6.97. The number of piperidine rings is 1. The topological polar surface area (TPSA) is 144 Å². The first-order valence-corrected chi connectivity index (χ1v) is 10.6. The minimum atomic E-state index is -1.59. The van der Waals surface area contributed by atoms with E-state index in [1.165, 1.54) is 7.05 Å². The highest BCUT2D eigenvalue weighted by molar-refractivity contribution is 6.38. The van der Waals surface area contributed by atoms with Crippen LogP contribution in [-0.4, -0.2) is 65.5 Å². The smallest absolute Gasteiger partial charge is 0.275 e. The molecular formula is C20H20ClN5O6. The molecule has 11 nitrogen and oxygen atoms in total. The summed E-state index contributed by atoms with van der Waals surface area (Å²) in [4.78, 5) is 57.0. The van der Waals surface area contributed by atoms with E-state index >= 15 is 0 Å². The standard InChI is InChI=1S/C20H20ClN5O6/c1-7-6-26-15-9(23-13-14(18(29)22-3)25-32-16(13)12(15)21)5-20(17(26)8(2)31-7)10(27)4-11(28)24-19(20)30/h7-8,17H,4-6H2,1-3H3,(H,22,29)(H,24,28,30)/t7-,8+,17-,20?/m1/s1. The highest BCUT2D eigenvalue weighted by atomic mass is 35.5. The molecule has 2 saturated heterocycles. The molecule has 0 aromatic carbocycles. The summed E-state index contributed by atoms with van der Waals surface area (Å²) in [5.41, 5.74) is -0.507. The molecule has 2 fully saturated rings. The molecule has 4 atom stereocenters. The van der Waals surface area contributed by atoms with E-state index in [2.05, 4.69) is 20.8 Å². The summed E-state index contributed by atoms with van der Waals surface area (Å²) in [5, 5.41) is 8.78. The summed E-state index contributed by atoms with van der Waals surface area (Å²) in [6.45, 7) is 3.99. The Morgan fingerprint density at radius 2 is 2.06 bits per heavy atom. The Morgan fingerprint density at radius 3 is 2.75 bits per heavy atom. The second-order valence-corrected chi connectivity index (χ2v) is 8.76. The van der Waals surface area contributed by atoms with Crippen LogP contribution in [0.1, 0.15) is 36.5 Å². The zero-order chi connectivity index (χ0) is 22.9. The van der Waals surface area contributed by atoms with E-state index in [0.29, 0.717) is 17.9 Å². The Hall–Kier alpha value is -3.05. The zero-order valence-electron chi connectivity index (χ0n) is 17.5. The van der Waals surface area contributed by atoms with Crippen LogP contribution in [0.5, 0.6) is 0 Å². The molecule has 3 aliphatic heterocycles. The summed E-state index contributed by atoms with van der Waals surface area (Å²) >= 11 is 6.73. The van der Waals surface area contributed by atoms with Crippen LogP contribution in [0.25, 0.3) is 11.1 Å².